The first kappa shape index (κ1) is 17.5. The molecule has 1 unspecified atom stereocenters. The second-order valence-corrected chi connectivity index (χ2v) is 6.04. The van der Waals surface area contributed by atoms with Crippen LogP contribution in [0.1, 0.15) is 38.8 Å². The number of carbonyl (C=O) groups excluding carboxylic acids is 1. The molecule has 0 saturated carbocycles. The van der Waals surface area contributed by atoms with Gasteiger partial charge in [-0.05, 0) is 39.3 Å². The lowest BCUT2D eigenvalue weighted by Gasteiger charge is -2.23. The standard InChI is InChI=1S/C15H21F3N2O/c1-10(13(21)20-14(2,3)4)19-9-11-6-5-7-12(8-11)15(16,17)18/h5-8,10,19H,9H2,1-4H3,(H,20,21). The Kier molecular flexibility index (Phi) is 5.39. The van der Waals surface area contributed by atoms with E-state index in [0.29, 0.717) is 5.56 Å². The Hall–Kier alpha value is -1.56. The van der Waals surface area contributed by atoms with E-state index in [9.17, 15) is 18.0 Å². The minimum Gasteiger partial charge on any atom is -0.350 e. The Bertz CT molecular complexity index is 492. The lowest BCUT2D eigenvalue weighted by atomic mass is 10.1. The maximum absolute atomic E-state index is 12.6. The molecule has 0 fully saturated rings. The Labute approximate surface area is 122 Å². The summed E-state index contributed by atoms with van der Waals surface area (Å²) in [4.78, 5) is 11.9. The van der Waals surface area contributed by atoms with Gasteiger partial charge in [-0.2, -0.15) is 13.2 Å². The van der Waals surface area contributed by atoms with Gasteiger partial charge in [0.2, 0.25) is 5.91 Å². The number of carbonyl (C=O) groups is 1. The van der Waals surface area contributed by atoms with Gasteiger partial charge in [-0.25, -0.2) is 0 Å². The summed E-state index contributed by atoms with van der Waals surface area (Å²) in [6, 6.07) is 4.58. The number of alkyl halides is 3. The molecule has 1 aromatic rings. The van der Waals surface area contributed by atoms with Crippen molar-refractivity contribution >= 4 is 5.91 Å². The minimum atomic E-state index is -4.36. The zero-order valence-corrected chi connectivity index (χ0v) is 12.6. The van der Waals surface area contributed by atoms with E-state index in [2.05, 4.69) is 10.6 Å². The normalized spacial score (nSPS) is 13.9. The van der Waals surface area contributed by atoms with Crippen molar-refractivity contribution in [2.24, 2.45) is 0 Å². The van der Waals surface area contributed by atoms with E-state index >= 15 is 0 Å². The summed E-state index contributed by atoms with van der Waals surface area (Å²) in [5.41, 5.74) is -0.544. The summed E-state index contributed by atoms with van der Waals surface area (Å²) in [5.74, 6) is -0.186. The molecule has 0 aliphatic rings. The molecule has 1 rings (SSSR count). The van der Waals surface area contributed by atoms with Crippen LogP contribution in [0.25, 0.3) is 0 Å². The Morgan fingerprint density at radius 1 is 1.24 bits per heavy atom. The topological polar surface area (TPSA) is 41.1 Å². The van der Waals surface area contributed by atoms with Crippen molar-refractivity contribution in [3.63, 3.8) is 0 Å². The van der Waals surface area contributed by atoms with Gasteiger partial charge in [0.25, 0.3) is 0 Å². The molecule has 21 heavy (non-hydrogen) atoms. The zero-order valence-electron chi connectivity index (χ0n) is 12.6. The lowest BCUT2D eigenvalue weighted by molar-refractivity contribution is -0.137. The first-order chi connectivity index (χ1) is 9.49. The van der Waals surface area contributed by atoms with Gasteiger partial charge in [-0.3, -0.25) is 4.79 Å². The lowest BCUT2D eigenvalue weighted by Crippen LogP contribution is -2.49. The van der Waals surface area contributed by atoms with Gasteiger partial charge in [0.05, 0.1) is 11.6 Å². The van der Waals surface area contributed by atoms with Crippen molar-refractivity contribution in [2.45, 2.75) is 52.0 Å². The predicted octanol–water partition coefficient (Wildman–Crippen LogP) is 3.10. The number of hydrogen-bond donors (Lipinski definition) is 2. The summed E-state index contributed by atoms with van der Waals surface area (Å²) >= 11 is 0. The maximum atomic E-state index is 12.6. The van der Waals surface area contributed by atoms with E-state index in [4.69, 9.17) is 0 Å². The molecule has 0 aromatic heterocycles. The molecule has 2 N–H and O–H groups in total. The molecule has 0 aliphatic carbocycles. The number of nitrogens with one attached hydrogen (secondary N) is 2. The fourth-order valence-corrected chi connectivity index (χ4v) is 1.70. The van der Waals surface area contributed by atoms with Crippen LogP contribution in [0.3, 0.4) is 0 Å². The number of halogens is 3. The summed E-state index contributed by atoms with van der Waals surface area (Å²) < 4.78 is 37.8. The third-order valence-corrected chi connectivity index (χ3v) is 2.76. The molecule has 1 aromatic carbocycles. The van der Waals surface area contributed by atoms with Crippen molar-refractivity contribution in [3.05, 3.63) is 35.4 Å². The molecular formula is C15H21F3N2O. The summed E-state index contributed by atoms with van der Waals surface area (Å²) in [5, 5.41) is 5.73. The van der Waals surface area contributed by atoms with Crippen molar-refractivity contribution in [2.75, 3.05) is 0 Å². The highest BCUT2D eigenvalue weighted by Gasteiger charge is 2.30. The highest BCUT2D eigenvalue weighted by Crippen LogP contribution is 2.29. The Balaban J connectivity index is 2.61. The van der Waals surface area contributed by atoms with Gasteiger partial charge in [0.1, 0.15) is 0 Å². The van der Waals surface area contributed by atoms with Gasteiger partial charge in [0.15, 0.2) is 0 Å². The molecule has 0 radical (unpaired) electrons. The maximum Gasteiger partial charge on any atom is 0.416 e. The SMILES string of the molecule is CC(NCc1cccc(C(F)(F)F)c1)C(=O)NC(C)(C)C. The van der Waals surface area contributed by atoms with Crippen LogP contribution in [0.15, 0.2) is 24.3 Å². The van der Waals surface area contributed by atoms with E-state index < -0.39 is 17.8 Å². The molecule has 1 atom stereocenters. The first-order valence-electron chi connectivity index (χ1n) is 6.70. The third-order valence-electron chi connectivity index (χ3n) is 2.76. The molecule has 0 heterocycles. The largest absolute Gasteiger partial charge is 0.416 e. The summed E-state index contributed by atoms with van der Waals surface area (Å²) in [6.07, 6.45) is -4.36. The average Bonchev–Trinajstić information content (AvgIpc) is 2.33. The van der Waals surface area contributed by atoms with E-state index in [1.807, 2.05) is 20.8 Å². The second-order valence-electron chi connectivity index (χ2n) is 6.04. The van der Waals surface area contributed by atoms with Gasteiger partial charge >= 0.3 is 6.18 Å². The van der Waals surface area contributed by atoms with Crippen LogP contribution in [0.2, 0.25) is 0 Å². The summed E-state index contributed by atoms with van der Waals surface area (Å²) in [6.45, 7) is 7.47. The van der Waals surface area contributed by atoms with E-state index in [1.165, 1.54) is 6.07 Å². The highest BCUT2D eigenvalue weighted by molar-refractivity contribution is 5.81. The molecule has 3 nitrogen and oxygen atoms in total. The molecule has 0 bridgehead atoms. The van der Waals surface area contributed by atoms with Gasteiger partial charge in [-0.15, -0.1) is 0 Å². The Morgan fingerprint density at radius 2 is 1.86 bits per heavy atom. The smallest absolute Gasteiger partial charge is 0.350 e. The number of benzene rings is 1. The van der Waals surface area contributed by atoms with Crippen molar-refractivity contribution in [3.8, 4) is 0 Å². The average molecular weight is 302 g/mol. The van der Waals surface area contributed by atoms with Gasteiger partial charge in [-0.1, -0.05) is 18.2 Å². The Morgan fingerprint density at radius 3 is 2.38 bits per heavy atom. The fourth-order valence-electron chi connectivity index (χ4n) is 1.70. The van der Waals surface area contributed by atoms with Crippen molar-refractivity contribution in [1.29, 1.82) is 0 Å². The number of hydrogen-bond acceptors (Lipinski definition) is 2. The third kappa shape index (κ3) is 6.16. The molecule has 0 spiro atoms. The molecule has 1 amide bonds. The van der Waals surface area contributed by atoms with Crippen LogP contribution in [0.4, 0.5) is 13.2 Å². The van der Waals surface area contributed by atoms with Crippen LogP contribution < -0.4 is 10.6 Å². The van der Waals surface area contributed by atoms with Crippen LogP contribution in [0, 0.1) is 0 Å². The van der Waals surface area contributed by atoms with E-state index in [1.54, 1.807) is 13.0 Å². The van der Waals surface area contributed by atoms with E-state index in [-0.39, 0.29) is 18.0 Å². The van der Waals surface area contributed by atoms with Crippen LogP contribution in [0.5, 0.6) is 0 Å². The fraction of sp³-hybridized carbons (Fsp3) is 0.533. The van der Waals surface area contributed by atoms with Gasteiger partial charge < -0.3 is 10.6 Å². The predicted molar refractivity (Wildman–Crippen MR) is 75.6 cm³/mol. The minimum absolute atomic E-state index is 0.186. The quantitative estimate of drug-likeness (QED) is 0.897. The second kappa shape index (κ2) is 6.47. The molecular weight excluding hydrogens is 281 g/mol. The van der Waals surface area contributed by atoms with Crippen LogP contribution >= 0.6 is 0 Å². The highest BCUT2D eigenvalue weighted by atomic mass is 19.4. The number of amides is 1. The first-order valence-corrected chi connectivity index (χ1v) is 6.70. The summed E-state index contributed by atoms with van der Waals surface area (Å²) in [7, 11) is 0. The van der Waals surface area contributed by atoms with Crippen molar-refractivity contribution in [1.82, 2.24) is 10.6 Å². The van der Waals surface area contributed by atoms with Crippen molar-refractivity contribution < 1.29 is 18.0 Å². The number of rotatable bonds is 4. The zero-order chi connectivity index (χ0) is 16.3. The molecule has 118 valence electrons. The van der Waals surface area contributed by atoms with Crippen LogP contribution in [-0.2, 0) is 17.5 Å². The molecule has 0 aliphatic heterocycles. The van der Waals surface area contributed by atoms with Gasteiger partial charge in [0, 0.05) is 12.1 Å². The van der Waals surface area contributed by atoms with Crippen LogP contribution in [-0.4, -0.2) is 17.5 Å². The molecule has 6 heteroatoms. The van der Waals surface area contributed by atoms with E-state index in [0.717, 1.165) is 12.1 Å². The monoisotopic (exact) mass is 302 g/mol. The molecule has 0 saturated heterocycles.